The Kier molecular flexibility index (Phi) is 4.47. The van der Waals surface area contributed by atoms with E-state index >= 15 is 0 Å². The molecule has 1 rings (SSSR count). The van der Waals surface area contributed by atoms with Crippen LogP contribution in [-0.2, 0) is 11.8 Å². The van der Waals surface area contributed by atoms with Crippen molar-refractivity contribution in [2.24, 2.45) is 7.05 Å². The van der Waals surface area contributed by atoms with Gasteiger partial charge in [0.1, 0.15) is 0 Å². The third-order valence-corrected chi connectivity index (χ3v) is 2.25. The average Bonchev–Trinajstić information content (AvgIpc) is 2.56. The number of amides is 1. The third-order valence-electron chi connectivity index (χ3n) is 2.25. The number of nitrogen functional groups attached to an aromatic ring is 1. The number of hydrogen-bond acceptors (Lipinski definition) is 5. The van der Waals surface area contributed by atoms with Crippen molar-refractivity contribution >= 4 is 11.6 Å². The zero-order valence-corrected chi connectivity index (χ0v) is 10.3. The molecule has 0 aliphatic carbocycles. The zero-order valence-electron chi connectivity index (χ0n) is 10.3. The van der Waals surface area contributed by atoms with Crippen LogP contribution in [0, 0.1) is 0 Å². The van der Waals surface area contributed by atoms with Crippen LogP contribution in [0.25, 0.3) is 0 Å². The summed E-state index contributed by atoms with van der Waals surface area (Å²) in [5, 5.41) is 13.5. The molecule has 3 N–H and O–H groups in total. The molecule has 0 saturated heterocycles. The molecule has 0 aromatic carbocycles. The standard InChI is InChI=1S/C10H18N4O3/c1-13(4-7(15)6-17-3)10(16)9-8(11)5-14(2)12-9/h5,7,15H,4,6,11H2,1-3H3. The lowest BCUT2D eigenvalue weighted by Gasteiger charge is -2.19. The third kappa shape index (κ3) is 3.43. The lowest BCUT2D eigenvalue weighted by Crippen LogP contribution is -2.36. The van der Waals surface area contributed by atoms with Crippen LogP contribution in [0.3, 0.4) is 0 Å². The molecular formula is C10H18N4O3. The van der Waals surface area contributed by atoms with Crippen molar-refractivity contribution in [3.8, 4) is 0 Å². The summed E-state index contributed by atoms with van der Waals surface area (Å²) >= 11 is 0. The summed E-state index contributed by atoms with van der Waals surface area (Å²) in [7, 11) is 4.75. The molecule has 1 atom stereocenters. The molecule has 7 heteroatoms. The van der Waals surface area contributed by atoms with Gasteiger partial charge in [-0.3, -0.25) is 9.48 Å². The second-order valence-electron chi connectivity index (χ2n) is 3.90. The maximum atomic E-state index is 11.9. The number of methoxy groups -OCH3 is 1. The summed E-state index contributed by atoms with van der Waals surface area (Å²) in [6.45, 7) is 0.345. The predicted octanol–water partition coefficient (Wildman–Crippen LogP) is -0.918. The van der Waals surface area contributed by atoms with E-state index in [1.54, 1.807) is 20.3 Å². The number of aliphatic hydroxyl groups excluding tert-OH is 1. The summed E-state index contributed by atoms with van der Waals surface area (Å²) in [6.07, 6.45) is 0.839. The molecule has 0 radical (unpaired) electrons. The molecule has 7 nitrogen and oxygen atoms in total. The highest BCUT2D eigenvalue weighted by Crippen LogP contribution is 2.10. The number of carbonyl (C=O) groups excluding carboxylic acids is 1. The molecule has 96 valence electrons. The number of aromatic nitrogens is 2. The smallest absolute Gasteiger partial charge is 0.276 e. The number of anilines is 1. The van der Waals surface area contributed by atoms with Crippen LogP contribution in [0.1, 0.15) is 10.5 Å². The SMILES string of the molecule is COCC(O)CN(C)C(=O)c1nn(C)cc1N. The number of ether oxygens (including phenoxy) is 1. The van der Waals surface area contributed by atoms with E-state index < -0.39 is 6.10 Å². The number of rotatable bonds is 5. The highest BCUT2D eigenvalue weighted by atomic mass is 16.5. The number of aliphatic hydroxyl groups is 1. The average molecular weight is 242 g/mol. The van der Waals surface area contributed by atoms with E-state index in [9.17, 15) is 9.90 Å². The first-order chi connectivity index (χ1) is 7.95. The molecule has 0 aliphatic rings. The Morgan fingerprint density at radius 1 is 1.76 bits per heavy atom. The van der Waals surface area contributed by atoms with E-state index in [4.69, 9.17) is 10.5 Å². The number of nitrogens with two attached hydrogens (primary N) is 1. The van der Waals surface area contributed by atoms with Crippen molar-refractivity contribution in [2.45, 2.75) is 6.10 Å². The monoisotopic (exact) mass is 242 g/mol. The van der Waals surface area contributed by atoms with Crippen molar-refractivity contribution in [1.29, 1.82) is 0 Å². The minimum atomic E-state index is -0.723. The van der Waals surface area contributed by atoms with Crippen LogP contribution in [0.15, 0.2) is 6.20 Å². The molecule has 0 aliphatic heterocycles. The summed E-state index contributed by atoms with van der Waals surface area (Å²) in [6, 6.07) is 0. The Morgan fingerprint density at radius 3 is 2.88 bits per heavy atom. The van der Waals surface area contributed by atoms with Gasteiger partial charge >= 0.3 is 0 Å². The quantitative estimate of drug-likeness (QED) is 0.696. The van der Waals surface area contributed by atoms with Crippen LogP contribution in [-0.4, -0.2) is 59.1 Å². The van der Waals surface area contributed by atoms with E-state index in [2.05, 4.69) is 5.10 Å². The number of hydrogen-bond donors (Lipinski definition) is 2. The Balaban J connectivity index is 2.66. The van der Waals surface area contributed by atoms with E-state index in [1.165, 1.54) is 16.7 Å². The van der Waals surface area contributed by atoms with Gasteiger partial charge in [0.2, 0.25) is 0 Å². The summed E-state index contributed by atoms with van der Waals surface area (Å²) in [5.41, 5.74) is 6.17. The minimum Gasteiger partial charge on any atom is -0.396 e. The molecular weight excluding hydrogens is 224 g/mol. The fourth-order valence-corrected chi connectivity index (χ4v) is 1.50. The molecule has 0 spiro atoms. The summed E-state index contributed by atoms with van der Waals surface area (Å²) in [4.78, 5) is 13.3. The molecule has 1 amide bonds. The van der Waals surface area contributed by atoms with Crippen LogP contribution < -0.4 is 5.73 Å². The molecule has 17 heavy (non-hydrogen) atoms. The van der Waals surface area contributed by atoms with Gasteiger partial charge in [0.25, 0.3) is 5.91 Å². The van der Waals surface area contributed by atoms with Crippen LogP contribution in [0.5, 0.6) is 0 Å². The lowest BCUT2D eigenvalue weighted by atomic mass is 10.3. The number of nitrogens with zero attached hydrogens (tertiary/aromatic N) is 3. The highest BCUT2D eigenvalue weighted by Gasteiger charge is 2.20. The van der Waals surface area contributed by atoms with Gasteiger partial charge < -0.3 is 20.5 Å². The van der Waals surface area contributed by atoms with Crippen molar-refractivity contribution in [2.75, 3.05) is 33.0 Å². The van der Waals surface area contributed by atoms with E-state index in [-0.39, 0.29) is 24.8 Å². The van der Waals surface area contributed by atoms with Crippen molar-refractivity contribution < 1.29 is 14.6 Å². The first-order valence-corrected chi connectivity index (χ1v) is 5.17. The van der Waals surface area contributed by atoms with E-state index in [1.807, 2.05) is 0 Å². The number of likely N-dealkylation sites (N-methyl/N-ethyl adjacent to an activating group) is 1. The van der Waals surface area contributed by atoms with Crippen LogP contribution in [0.4, 0.5) is 5.69 Å². The Bertz CT molecular complexity index is 391. The maximum absolute atomic E-state index is 11.9. The second kappa shape index (κ2) is 5.65. The van der Waals surface area contributed by atoms with Gasteiger partial charge in [-0.1, -0.05) is 0 Å². The predicted molar refractivity (Wildman–Crippen MR) is 62.5 cm³/mol. The van der Waals surface area contributed by atoms with Gasteiger partial charge in [0.05, 0.1) is 18.4 Å². The lowest BCUT2D eigenvalue weighted by molar-refractivity contribution is 0.0378. The van der Waals surface area contributed by atoms with E-state index in [0.29, 0.717) is 5.69 Å². The highest BCUT2D eigenvalue weighted by molar-refractivity contribution is 5.96. The normalized spacial score (nSPS) is 12.5. The molecule has 1 aromatic rings. The topological polar surface area (TPSA) is 93.6 Å². The van der Waals surface area contributed by atoms with Gasteiger partial charge in [0, 0.05) is 33.9 Å². The first kappa shape index (κ1) is 13.5. The first-order valence-electron chi connectivity index (χ1n) is 5.17. The molecule has 1 heterocycles. The van der Waals surface area contributed by atoms with E-state index in [0.717, 1.165) is 0 Å². The van der Waals surface area contributed by atoms with Gasteiger partial charge in [-0.05, 0) is 0 Å². The molecule has 1 unspecified atom stereocenters. The van der Waals surface area contributed by atoms with Gasteiger partial charge in [-0.2, -0.15) is 5.10 Å². The summed E-state index contributed by atoms with van der Waals surface area (Å²) < 4.78 is 6.26. The van der Waals surface area contributed by atoms with Gasteiger partial charge in [-0.25, -0.2) is 0 Å². The van der Waals surface area contributed by atoms with Crippen LogP contribution in [0.2, 0.25) is 0 Å². The molecule has 0 saturated carbocycles. The van der Waals surface area contributed by atoms with Gasteiger partial charge in [0.15, 0.2) is 5.69 Å². The van der Waals surface area contributed by atoms with Crippen LogP contribution >= 0.6 is 0 Å². The van der Waals surface area contributed by atoms with Crippen molar-refractivity contribution in [3.05, 3.63) is 11.9 Å². The Labute approximate surface area is 99.8 Å². The largest absolute Gasteiger partial charge is 0.396 e. The van der Waals surface area contributed by atoms with Gasteiger partial charge in [-0.15, -0.1) is 0 Å². The molecule has 0 fully saturated rings. The molecule has 1 aromatic heterocycles. The molecule has 0 bridgehead atoms. The summed E-state index contributed by atoms with van der Waals surface area (Å²) in [5.74, 6) is -0.321. The minimum absolute atomic E-state index is 0.169. The maximum Gasteiger partial charge on any atom is 0.276 e. The Hall–Kier alpha value is -1.60. The second-order valence-corrected chi connectivity index (χ2v) is 3.90. The Morgan fingerprint density at radius 2 is 2.41 bits per heavy atom. The number of aryl methyl sites for hydroxylation is 1. The van der Waals surface area contributed by atoms with Crippen molar-refractivity contribution in [1.82, 2.24) is 14.7 Å². The number of carbonyl (C=O) groups is 1. The fraction of sp³-hybridized carbons (Fsp3) is 0.600. The zero-order chi connectivity index (χ0) is 13.0. The van der Waals surface area contributed by atoms with Crippen molar-refractivity contribution in [3.63, 3.8) is 0 Å². The fourth-order valence-electron chi connectivity index (χ4n) is 1.50.